The van der Waals surface area contributed by atoms with E-state index in [1.165, 1.54) is 57.5 Å². The second-order valence-corrected chi connectivity index (χ2v) is 18.9. The van der Waals surface area contributed by atoms with Gasteiger partial charge in [-0.25, -0.2) is 0 Å². The number of hydrogen-bond donors (Lipinski definition) is 1. The summed E-state index contributed by atoms with van der Waals surface area (Å²) in [6.45, 7) is 32.1. The van der Waals surface area contributed by atoms with E-state index in [9.17, 15) is 9.90 Å². The maximum Gasteiger partial charge on any atom is 0.164 e. The number of aliphatic hydroxyl groups is 1. The van der Waals surface area contributed by atoms with Crippen LogP contribution in [0.15, 0.2) is 58.8 Å². The topological polar surface area (TPSA) is 63.3 Å². The monoisotopic (exact) mass is 865 g/mol. The summed E-state index contributed by atoms with van der Waals surface area (Å²) in [7, 11) is 0. The van der Waals surface area contributed by atoms with Gasteiger partial charge in [-0.15, -0.1) is 29.1 Å². The Bertz CT molecular complexity index is 2160. The fourth-order valence-electron chi connectivity index (χ4n) is 7.57. The second kappa shape index (κ2) is 13.6. The number of furan rings is 1. The predicted octanol–water partition coefficient (Wildman–Crippen LogP) is 13.0. The first kappa shape index (κ1) is 40.5. The molecular formula is C46H58IrNO3-. The first-order valence-corrected chi connectivity index (χ1v) is 18.1. The average molecular weight is 865 g/mol. The molecule has 0 atom stereocenters. The zero-order valence-corrected chi connectivity index (χ0v) is 36.0. The van der Waals surface area contributed by atoms with Crippen LogP contribution in [0.3, 0.4) is 0 Å². The first-order chi connectivity index (χ1) is 22.9. The molecule has 1 N–H and O–H groups in total. The van der Waals surface area contributed by atoms with Crippen molar-refractivity contribution in [3.63, 3.8) is 0 Å². The van der Waals surface area contributed by atoms with Gasteiger partial charge >= 0.3 is 0 Å². The minimum Gasteiger partial charge on any atom is -0.512 e. The van der Waals surface area contributed by atoms with Crippen LogP contribution in [-0.2, 0) is 41.1 Å². The SMILES string of the molecule is CC(C)(C)C(=O)/C=C(\O)C(C)(C)C.Cc1c2c(c(C)c3c1oc1c(-c4[c-]c5ccccc5c(C(C)(C)C)c4)nccc13)C(C)(C)CCC2(C)C.[Ir]. The molecule has 1 aliphatic carbocycles. The Morgan fingerprint density at radius 2 is 1.39 bits per heavy atom. The molecule has 51 heavy (non-hydrogen) atoms. The minimum atomic E-state index is -0.417. The summed E-state index contributed by atoms with van der Waals surface area (Å²) < 4.78 is 6.83. The summed E-state index contributed by atoms with van der Waals surface area (Å²) >= 11 is 0. The van der Waals surface area contributed by atoms with Crippen LogP contribution in [0.4, 0.5) is 0 Å². The Morgan fingerprint density at radius 1 is 0.824 bits per heavy atom. The number of aryl methyl sites for hydroxylation is 2. The van der Waals surface area contributed by atoms with Gasteiger partial charge in [-0.05, 0) is 71.3 Å². The molecule has 0 saturated heterocycles. The number of nitrogens with zero attached hydrogens (tertiary/aromatic N) is 1. The maximum atomic E-state index is 11.5. The molecule has 4 nitrogen and oxygen atoms in total. The largest absolute Gasteiger partial charge is 0.512 e. The maximum absolute atomic E-state index is 11.5. The molecule has 1 aliphatic rings. The van der Waals surface area contributed by atoms with Gasteiger partial charge in [0.2, 0.25) is 0 Å². The van der Waals surface area contributed by atoms with Crippen LogP contribution in [0.5, 0.6) is 0 Å². The average Bonchev–Trinajstić information content (AvgIpc) is 3.40. The molecule has 1 radical (unpaired) electrons. The number of allylic oxidation sites excluding steroid dienone is 2. The van der Waals surface area contributed by atoms with Gasteiger partial charge in [0, 0.05) is 59.7 Å². The molecule has 0 fully saturated rings. The molecule has 5 aromatic rings. The van der Waals surface area contributed by atoms with Gasteiger partial charge in [-0.1, -0.05) is 119 Å². The number of carbonyl (C=O) groups excluding carboxylic acids is 1. The second-order valence-electron chi connectivity index (χ2n) is 18.9. The van der Waals surface area contributed by atoms with Crippen molar-refractivity contribution in [2.45, 2.75) is 133 Å². The Kier molecular flexibility index (Phi) is 10.8. The van der Waals surface area contributed by atoms with Gasteiger partial charge < -0.3 is 9.52 Å². The molecule has 0 amide bonds. The van der Waals surface area contributed by atoms with E-state index in [4.69, 9.17) is 9.40 Å². The van der Waals surface area contributed by atoms with E-state index >= 15 is 0 Å². The minimum absolute atomic E-state index is 0. The van der Waals surface area contributed by atoms with Crippen LogP contribution in [-0.4, -0.2) is 15.9 Å². The van der Waals surface area contributed by atoms with Crippen molar-refractivity contribution in [3.8, 4) is 11.3 Å². The van der Waals surface area contributed by atoms with Gasteiger partial charge in [-0.3, -0.25) is 9.78 Å². The first-order valence-electron chi connectivity index (χ1n) is 18.1. The normalized spacial score (nSPS) is 16.0. The number of pyridine rings is 1. The predicted molar refractivity (Wildman–Crippen MR) is 211 cm³/mol. The summed E-state index contributed by atoms with van der Waals surface area (Å²) in [5, 5.41) is 14.3. The fourth-order valence-corrected chi connectivity index (χ4v) is 7.57. The van der Waals surface area contributed by atoms with Crippen LogP contribution in [0, 0.1) is 30.7 Å². The van der Waals surface area contributed by atoms with E-state index in [0.717, 1.165) is 33.2 Å². The van der Waals surface area contributed by atoms with Crippen LogP contribution in [0.25, 0.3) is 44.0 Å². The summed E-state index contributed by atoms with van der Waals surface area (Å²) in [5.74, 6) is 0.104. The van der Waals surface area contributed by atoms with E-state index in [1.54, 1.807) is 0 Å². The molecule has 0 aliphatic heterocycles. The van der Waals surface area contributed by atoms with E-state index in [-0.39, 0.29) is 53.3 Å². The van der Waals surface area contributed by atoms with Crippen LogP contribution >= 0.6 is 0 Å². The summed E-state index contributed by atoms with van der Waals surface area (Å²) in [6, 6.07) is 16.6. The Hall–Kier alpha value is -3.27. The van der Waals surface area contributed by atoms with E-state index in [2.05, 4.69) is 105 Å². The van der Waals surface area contributed by atoms with Crippen molar-refractivity contribution in [1.82, 2.24) is 4.98 Å². The number of hydrogen-bond acceptors (Lipinski definition) is 4. The molecule has 2 aromatic heterocycles. The van der Waals surface area contributed by atoms with E-state index < -0.39 is 5.41 Å². The van der Waals surface area contributed by atoms with Crippen LogP contribution < -0.4 is 0 Å². The molecule has 2 heterocycles. The number of fused-ring (bicyclic) bond motifs is 5. The third-order valence-electron chi connectivity index (χ3n) is 10.7. The molecular weight excluding hydrogens is 807 g/mol. The van der Waals surface area contributed by atoms with Gasteiger partial charge in [-0.2, -0.15) is 0 Å². The molecule has 0 unspecified atom stereocenters. The quantitative estimate of drug-likeness (QED) is 0.109. The standard InChI is InChI=1S/C35H38NO.C11H20O2.Ir/c1-20-27-25-14-17-36-30(23-18-22-12-10-11-13-24(22)26(19-23)33(3,4)5)32(25)37-31(27)21(2)29-28(20)34(6,7)15-16-35(29,8)9;1-10(2,3)8(12)7-9(13)11(4,5)6;/h10-14,17,19H,15-16H2,1-9H3;7,12H,1-6H3;/q-1;;/b;8-7-;. The van der Waals surface area contributed by atoms with Crippen molar-refractivity contribution in [3.05, 3.63) is 88.3 Å². The molecule has 6 rings (SSSR count). The van der Waals surface area contributed by atoms with Crippen molar-refractivity contribution < 1.29 is 34.4 Å². The summed E-state index contributed by atoms with van der Waals surface area (Å²) in [6.07, 6.45) is 5.66. The number of rotatable bonds is 2. The zero-order valence-electron chi connectivity index (χ0n) is 33.6. The summed E-state index contributed by atoms with van der Waals surface area (Å²) in [5.41, 5.74) is 10.2. The molecule has 0 spiro atoms. The van der Waals surface area contributed by atoms with Crippen LogP contribution in [0.2, 0.25) is 0 Å². The van der Waals surface area contributed by atoms with Gasteiger partial charge in [0.25, 0.3) is 0 Å². The summed E-state index contributed by atoms with van der Waals surface area (Å²) in [4.78, 5) is 16.4. The third kappa shape index (κ3) is 7.63. The Balaban J connectivity index is 0.000000358. The van der Waals surface area contributed by atoms with Gasteiger partial charge in [0.1, 0.15) is 16.9 Å². The van der Waals surface area contributed by atoms with Crippen molar-refractivity contribution in [2.24, 2.45) is 10.8 Å². The number of carbonyl (C=O) groups is 1. The van der Waals surface area contributed by atoms with Crippen molar-refractivity contribution >= 4 is 38.5 Å². The fraction of sp³-hybridized carbons (Fsp3) is 0.478. The molecule has 5 heteroatoms. The van der Waals surface area contributed by atoms with Gasteiger partial charge in [0.15, 0.2) is 5.78 Å². The molecule has 3 aromatic carbocycles. The number of benzene rings is 3. The van der Waals surface area contributed by atoms with Crippen molar-refractivity contribution in [2.75, 3.05) is 0 Å². The Labute approximate surface area is 319 Å². The van der Waals surface area contributed by atoms with Crippen LogP contribution in [0.1, 0.15) is 131 Å². The molecule has 0 bridgehead atoms. The Morgan fingerprint density at radius 3 is 1.94 bits per heavy atom. The van der Waals surface area contributed by atoms with Crippen molar-refractivity contribution in [1.29, 1.82) is 0 Å². The number of aliphatic hydroxyl groups excluding tert-OH is 1. The van der Waals surface area contributed by atoms with Gasteiger partial charge in [0.05, 0.1) is 0 Å². The molecule has 0 saturated carbocycles. The number of aromatic nitrogens is 1. The number of ketones is 1. The zero-order chi connectivity index (χ0) is 37.4. The van der Waals surface area contributed by atoms with E-state index in [0.29, 0.717) is 0 Å². The smallest absolute Gasteiger partial charge is 0.164 e. The third-order valence-corrected chi connectivity index (χ3v) is 10.7. The molecule has 275 valence electrons. The van der Waals surface area contributed by atoms with E-state index in [1.807, 2.05) is 47.7 Å².